The highest BCUT2D eigenvalue weighted by atomic mass is 32.2. The molecule has 12 heteroatoms. The molecule has 0 fully saturated rings. The maximum atomic E-state index is 6.07. The van der Waals surface area contributed by atoms with Gasteiger partial charge >= 0.3 is 0 Å². The first kappa shape index (κ1) is 19.8. The minimum absolute atomic E-state index is 0.00688. The molecule has 0 spiro atoms. The number of aromatic amines is 1. The fraction of sp³-hybridized carbons (Fsp3) is 0.176. The second-order valence-corrected chi connectivity index (χ2v) is 7.69. The van der Waals surface area contributed by atoms with Gasteiger partial charge in [-0.2, -0.15) is 5.21 Å². The van der Waals surface area contributed by atoms with Gasteiger partial charge in [-0.25, -0.2) is 4.98 Å². The minimum Gasteiger partial charge on any atom is -0.329 e. The van der Waals surface area contributed by atoms with Gasteiger partial charge in [0, 0.05) is 53.1 Å². The predicted octanol–water partition coefficient (Wildman–Crippen LogP) is 1.03. The van der Waals surface area contributed by atoms with Crippen molar-refractivity contribution in [2.75, 3.05) is 13.1 Å². The molecule has 0 amide bonds. The van der Waals surface area contributed by atoms with Crippen LogP contribution in [0.4, 0.5) is 0 Å². The Morgan fingerprint density at radius 2 is 2.03 bits per heavy atom. The molecule has 0 aliphatic carbocycles. The highest BCUT2D eigenvalue weighted by Crippen LogP contribution is 2.41. The van der Waals surface area contributed by atoms with Gasteiger partial charge in [0.2, 0.25) is 5.82 Å². The zero-order valence-electron chi connectivity index (χ0n) is 15.3. The minimum atomic E-state index is -0.00688. The topological polar surface area (TPSA) is 162 Å². The Bertz CT molecular complexity index is 1090. The molecule has 3 heterocycles. The van der Waals surface area contributed by atoms with E-state index in [9.17, 15) is 0 Å². The van der Waals surface area contributed by atoms with Gasteiger partial charge in [-0.15, -0.1) is 10.2 Å². The molecule has 0 atom stereocenters. The van der Waals surface area contributed by atoms with E-state index >= 15 is 0 Å². The van der Waals surface area contributed by atoms with E-state index in [2.05, 4.69) is 30.3 Å². The van der Waals surface area contributed by atoms with Crippen molar-refractivity contribution >= 4 is 29.5 Å². The van der Waals surface area contributed by atoms with E-state index in [1.807, 2.05) is 41.1 Å². The van der Waals surface area contributed by atoms with E-state index in [1.165, 1.54) is 11.9 Å². The molecule has 3 aromatic heterocycles. The molecule has 0 aliphatic rings. The molecule has 0 aliphatic heterocycles. The van der Waals surface area contributed by atoms with Gasteiger partial charge in [0.1, 0.15) is 5.65 Å². The lowest BCUT2D eigenvalue weighted by Crippen LogP contribution is -2.38. The van der Waals surface area contributed by atoms with Crippen LogP contribution in [0.25, 0.3) is 28.2 Å². The maximum absolute atomic E-state index is 6.07. The van der Waals surface area contributed by atoms with Gasteiger partial charge in [0.05, 0.1) is 0 Å². The molecule has 1 aromatic carbocycles. The number of imidazole rings is 1. The van der Waals surface area contributed by atoms with Crippen molar-refractivity contribution in [3.05, 3.63) is 42.9 Å². The summed E-state index contributed by atoms with van der Waals surface area (Å²) in [7, 11) is 0. The Balaban J connectivity index is 1.83. The molecular weight excluding hydrogens is 408 g/mol. The summed E-state index contributed by atoms with van der Waals surface area (Å²) in [5, 5.41) is 20.7. The lowest BCUT2D eigenvalue weighted by Gasteiger charge is -2.18. The molecule has 4 rings (SSSR count). The van der Waals surface area contributed by atoms with Crippen LogP contribution >= 0.6 is 23.9 Å². The third kappa shape index (κ3) is 3.99. The summed E-state index contributed by atoms with van der Waals surface area (Å²) in [5.41, 5.74) is 15.1. The molecule has 0 saturated carbocycles. The first-order valence-corrected chi connectivity index (χ1v) is 10.5. The summed E-state index contributed by atoms with van der Waals surface area (Å²) in [6, 6.07) is 7.99. The largest absolute Gasteiger partial charge is 0.329 e. The van der Waals surface area contributed by atoms with Crippen LogP contribution in [0, 0.1) is 0 Å². The SMILES string of the molecule is NCC(CN)NSc1ccc(-c2ccc3nccn3c2)c(-c2nn[nH]n2)c1SN. The van der Waals surface area contributed by atoms with Gasteiger partial charge in [0.15, 0.2) is 0 Å². The van der Waals surface area contributed by atoms with Crippen molar-refractivity contribution in [2.24, 2.45) is 16.6 Å². The number of rotatable bonds is 8. The number of H-pyrrole nitrogens is 1. The van der Waals surface area contributed by atoms with Crippen LogP contribution in [0.1, 0.15) is 0 Å². The summed E-state index contributed by atoms with van der Waals surface area (Å²) in [4.78, 5) is 6.06. The van der Waals surface area contributed by atoms with Crippen LogP contribution < -0.4 is 21.3 Å². The van der Waals surface area contributed by atoms with E-state index < -0.39 is 0 Å². The molecule has 29 heavy (non-hydrogen) atoms. The maximum Gasteiger partial charge on any atom is 0.206 e. The highest BCUT2D eigenvalue weighted by molar-refractivity contribution is 8.00. The third-order valence-corrected chi connectivity index (χ3v) is 6.21. The first-order valence-electron chi connectivity index (χ1n) is 8.78. The Hall–Kier alpha value is -2.48. The number of aromatic nitrogens is 6. The Morgan fingerprint density at radius 3 is 2.76 bits per heavy atom. The van der Waals surface area contributed by atoms with Gasteiger partial charge < -0.3 is 15.9 Å². The standard InChI is InChI=1S/C17H20N10S2/c18-7-11(8-19)24-29-13-3-2-12(10-1-4-14-21-5-6-27(14)9-10)15(16(13)28-20)17-22-25-26-23-17/h1-6,9,11,24H,7-8,18-20H2,(H,22,23,25,26). The fourth-order valence-electron chi connectivity index (χ4n) is 2.91. The van der Waals surface area contributed by atoms with E-state index in [0.29, 0.717) is 18.9 Å². The lowest BCUT2D eigenvalue weighted by atomic mass is 10.0. The van der Waals surface area contributed by atoms with Crippen molar-refractivity contribution in [2.45, 2.75) is 15.8 Å². The second kappa shape index (κ2) is 8.90. The number of hydrogen-bond donors (Lipinski definition) is 5. The van der Waals surface area contributed by atoms with Crippen LogP contribution in [0.5, 0.6) is 0 Å². The number of tetrazole rings is 1. The van der Waals surface area contributed by atoms with Crippen LogP contribution in [0.3, 0.4) is 0 Å². The quantitative estimate of drug-likeness (QED) is 0.256. The molecule has 4 aromatic rings. The number of nitrogens with zero attached hydrogens (tertiary/aromatic N) is 5. The van der Waals surface area contributed by atoms with Crippen molar-refractivity contribution in [3.8, 4) is 22.5 Å². The summed E-state index contributed by atoms with van der Waals surface area (Å²) < 4.78 is 5.24. The van der Waals surface area contributed by atoms with Gasteiger partial charge in [-0.1, -0.05) is 6.07 Å². The van der Waals surface area contributed by atoms with E-state index in [-0.39, 0.29) is 6.04 Å². The fourth-order valence-corrected chi connectivity index (χ4v) is 4.50. The van der Waals surface area contributed by atoms with E-state index in [4.69, 9.17) is 16.6 Å². The number of hydrogen-bond acceptors (Lipinski definition) is 10. The molecule has 150 valence electrons. The van der Waals surface area contributed by atoms with Crippen LogP contribution in [-0.2, 0) is 0 Å². The molecule has 0 bridgehead atoms. The van der Waals surface area contributed by atoms with Crippen LogP contribution in [0.15, 0.2) is 52.6 Å². The third-order valence-electron chi connectivity index (χ3n) is 4.41. The van der Waals surface area contributed by atoms with E-state index in [0.717, 1.165) is 44.1 Å². The normalized spacial score (nSPS) is 11.6. The Kier molecular flexibility index (Phi) is 6.08. The van der Waals surface area contributed by atoms with Crippen LogP contribution in [-0.4, -0.2) is 49.1 Å². The predicted molar refractivity (Wildman–Crippen MR) is 115 cm³/mol. The summed E-state index contributed by atoms with van der Waals surface area (Å²) in [5.74, 6) is 0.468. The van der Waals surface area contributed by atoms with Crippen molar-refractivity contribution in [1.82, 2.24) is 34.7 Å². The number of pyridine rings is 1. The summed E-state index contributed by atoms with van der Waals surface area (Å²) in [6.45, 7) is 0.880. The average molecular weight is 429 g/mol. The van der Waals surface area contributed by atoms with Gasteiger partial charge in [0.25, 0.3) is 0 Å². The number of benzene rings is 1. The molecule has 8 N–H and O–H groups in total. The zero-order valence-corrected chi connectivity index (χ0v) is 17.0. The van der Waals surface area contributed by atoms with E-state index in [1.54, 1.807) is 6.20 Å². The molecule has 0 radical (unpaired) electrons. The summed E-state index contributed by atoms with van der Waals surface area (Å²) in [6.07, 6.45) is 5.67. The molecule has 0 unspecified atom stereocenters. The number of fused-ring (bicyclic) bond motifs is 1. The number of nitrogens with one attached hydrogen (secondary N) is 2. The first-order chi connectivity index (χ1) is 14.2. The van der Waals surface area contributed by atoms with Crippen molar-refractivity contribution in [3.63, 3.8) is 0 Å². The lowest BCUT2D eigenvalue weighted by molar-refractivity contribution is 0.650. The zero-order chi connectivity index (χ0) is 20.2. The number of nitrogens with two attached hydrogens (primary N) is 3. The summed E-state index contributed by atoms with van der Waals surface area (Å²) >= 11 is 2.57. The van der Waals surface area contributed by atoms with Gasteiger partial charge in [-0.3, -0.25) is 9.86 Å². The van der Waals surface area contributed by atoms with Crippen LogP contribution in [0.2, 0.25) is 0 Å². The highest BCUT2D eigenvalue weighted by Gasteiger charge is 2.21. The van der Waals surface area contributed by atoms with Crippen molar-refractivity contribution < 1.29 is 0 Å². The smallest absolute Gasteiger partial charge is 0.206 e. The van der Waals surface area contributed by atoms with Gasteiger partial charge in [-0.05, 0) is 58.4 Å². The Labute approximate surface area is 175 Å². The molecule has 0 saturated heterocycles. The molecule has 10 nitrogen and oxygen atoms in total. The average Bonchev–Trinajstić information content (AvgIpc) is 3.45. The van der Waals surface area contributed by atoms with Crippen molar-refractivity contribution in [1.29, 1.82) is 0 Å². The Morgan fingerprint density at radius 1 is 1.17 bits per heavy atom. The second-order valence-electron chi connectivity index (χ2n) is 6.17. The monoisotopic (exact) mass is 428 g/mol. The molecular formula is C17H20N10S2.